The lowest BCUT2D eigenvalue weighted by molar-refractivity contribution is -0.136. The van der Waals surface area contributed by atoms with Crippen LogP contribution in [-0.4, -0.2) is 42.9 Å². The number of hydrogen-bond donors (Lipinski definition) is 2. The summed E-state index contributed by atoms with van der Waals surface area (Å²) >= 11 is 0. The molecule has 5 heteroatoms. The zero-order valence-electron chi connectivity index (χ0n) is 12.2. The van der Waals surface area contributed by atoms with E-state index in [1.165, 1.54) is 0 Å². The second-order valence-corrected chi connectivity index (χ2v) is 5.48. The standard InChI is InChI=1S/C14H27N3O2/c1-3-11(2)9-13(18)17-8-4-5-12(10-17)14(19)16-7-6-15/h11-12H,3-10,15H2,1-2H3,(H,16,19). The fraction of sp³-hybridized carbons (Fsp3) is 0.857. The van der Waals surface area contributed by atoms with E-state index in [-0.39, 0.29) is 17.7 Å². The van der Waals surface area contributed by atoms with Crippen LogP contribution in [0.25, 0.3) is 0 Å². The van der Waals surface area contributed by atoms with Gasteiger partial charge in [-0.1, -0.05) is 20.3 Å². The molecule has 1 heterocycles. The lowest BCUT2D eigenvalue weighted by atomic mass is 9.96. The third kappa shape index (κ3) is 5.19. The van der Waals surface area contributed by atoms with E-state index in [1.807, 2.05) is 4.90 Å². The van der Waals surface area contributed by atoms with Crippen LogP contribution >= 0.6 is 0 Å². The Morgan fingerprint density at radius 1 is 1.47 bits per heavy atom. The largest absolute Gasteiger partial charge is 0.355 e. The molecule has 0 aromatic rings. The van der Waals surface area contributed by atoms with Crippen LogP contribution in [0, 0.1) is 11.8 Å². The van der Waals surface area contributed by atoms with Gasteiger partial charge in [-0.15, -0.1) is 0 Å². The molecular formula is C14H27N3O2. The summed E-state index contributed by atoms with van der Waals surface area (Å²) in [6.45, 7) is 6.50. The predicted molar refractivity (Wildman–Crippen MR) is 75.4 cm³/mol. The van der Waals surface area contributed by atoms with Crippen molar-refractivity contribution in [2.75, 3.05) is 26.2 Å². The average molecular weight is 269 g/mol. The van der Waals surface area contributed by atoms with Crippen LogP contribution in [0.15, 0.2) is 0 Å². The van der Waals surface area contributed by atoms with Gasteiger partial charge in [0.15, 0.2) is 0 Å². The van der Waals surface area contributed by atoms with Crippen LogP contribution in [-0.2, 0) is 9.59 Å². The molecule has 0 aromatic carbocycles. The second-order valence-electron chi connectivity index (χ2n) is 5.48. The zero-order chi connectivity index (χ0) is 14.3. The van der Waals surface area contributed by atoms with Crippen molar-refractivity contribution >= 4 is 11.8 Å². The normalized spacial score (nSPS) is 21.0. The summed E-state index contributed by atoms with van der Waals surface area (Å²) in [6.07, 6.45) is 3.38. The van der Waals surface area contributed by atoms with Gasteiger partial charge in [0.25, 0.3) is 0 Å². The quantitative estimate of drug-likeness (QED) is 0.746. The fourth-order valence-electron chi connectivity index (χ4n) is 2.33. The molecule has 0 spiro atoms. The van der Waals surface area contributed by atoms with Gasteiger partial charge < -0.3 is 16.0 Å². The molecule has 110 valence electrons. The molecule has 2 atom stereocenters. The van der Waals surface area contributed by atoms with E-state index >= 15 is 0 Å². The molecule has 1 fully saturated rings. The third-order valence-corrected chi connectivity index (χ3v) is 3.81. The number of carbonyl (C=O) groups is 2. The number of rotatable bonds is 6. The molecule has 1 saturated heterocycles. The van der Waals surface area contributed by atoms with Crippen molar-refractivity contribution < 1.29 is 9.59 Å². The molecule has 19 heavy (non-hydrogen) atoms. The van der Waals surface area contributed by atoms with E-state index in [9.17, 15) is 9.59 Å². The minimum atomic E-state index is -0.0683. The summed E-state index contributed by atoms with van der Waals surface area (Å²) in [4.78, 5) is 25.9. The van der Waals surface area contributed by atoms with E-state index in [0.29, 0.717) is 32.0 Å². The van der Waals surface area contributed by atoms with Gasteiger partial charge in [-0.3, -0.25) is 9.59 Å². The maximum Gasteiger partial charge on any atom is 0.224 e. The van der Waals surface area contributed by atoms with Crippen LogP contribution in [0.5, 0.6) is 0 Å². The van der Waals surface area contributed by atoms with Crippen LogP contribution in [0.1, 0.15) is 39.5 Å². The topological polar surface area (TPSA) is 75.4 Å². The van der Waals surface area contributed by atoms with Gasteiger partial charge in [-0.05, 0) is 18.8 Å². The van der Waals surface area contributed by atoms with Gasteiger partial charge in [0.05, 0.1) is 5.92 Å². The van der Waals surface area contributed by atoms with Gasteiger partial charge >= 0.3 is 0 Å². The first kappa shape index (κ1) is 16.0. The number of hydrogen-bond acceptors (Lipinski definition) is 3. The molecule has 2 amide bonds. The number of piperidine rings is 1. The van der Waals surface area contributed by atoms with Crippen molar-refractivity contribution in [2.45, 2.75) is 39.5 Å². The van der Waals surface area contributed by atoms with Gasteiger partial charge in [-0.2, -0.15) is 0 Å². The van der Waals surface area contributed by atoms with Crippen LogP contribution in [0.3, 0.4) is 0 Å². The van der Waals surface area contributed by atoms with Crippen molar-refractivity contribution in [3.8, 4) is 0 Å². The molecule has 0 bridgehead atoms. The first-order valence-corrected chi connectivity index (χ1v) is 7.34. The minimum absolute atomic E-state index is 0.0338. The van der Waals surface area contributed by atoms with Crippen LogP contribution in [0.2, 0.25) is 0 Å². The van der Waals surface area contributed by atoms with Crippen molar-refractivity contribution in [1.29, 1.82) is 0 Å². The van der Waals surface area contributed by atoms with E-state index in [4.69, 9.17) is 5.73 Å². The summed E-state index contributed by atoms with van der Waals surface area (Å²) in [6, 6.07) is 0. The maximum absolute atomic E-state index is 12.1. The Morgan fingerprint density at radius 3 is 2.84 bits per heavy atom. The average Bonchev–Trinajstić information content (AvgIpc) is 2.44. The smallest absolute Gasteiger partial charge is 0.224 e. The maximum atomic E-state index is 12.1. The highest BCUT2D eigenvalue weighted by Gasteiger charge is 2.28. The van der Waals surface area contributed by atoms with Gasteiger partial charge in [0.2, 0.25) is 11.8 Å². The van der Waals surface area contributed by atoms with Crippen molar-refractivity contribution in [3.05, 3.63) is 0 Å². The Balaban J connectivity index is 2.45. The first-order valence-electron chi connectivity index (χ1n) is 7.34. The Hall–Kier alpha value is -1.10. The predicted octanol–water partition coefficient (Wildman–Crippen LogP) is 0.736. The monoisotopic (exact) mass is 269 g/mol. The van der Waals surface area contributed by atoms with Gasteiger partial charge in [0, 0.05) is 32.6 Å². The number of likely N-dealkylation sites (tertiary alicyclic amines) is 1. The summed E-state index contributed by atoms with van der Waals surface area (Å²) in [5.74, 6) is 0.567. The van der Waals surface area contributed by atoms with Crippen LogP contribution < -0.4 is 11.1 Å². The van der Waals surface area contributed by atoms with E-state index in [2.05, 4.69) is 19.2 Å². The summed E-state index contributed by atoms with van der Waals surface area (Å²) < 4.78 is 0. The highest BCUT2D eigenvalue weighted by atomic mass is 16.2. The van der Waals surface area contributed by atoms with E-state index in [1.54, 1.807) is 0 Å². The SMILES string of the molecule is CCC(C)CC(=O)N1CCCC(C(=O)NCCN)C1. The molecule has 1 rings (SSSR count). The molecule has 0 aromatic heterocycles. The second kappa shape index (κ2) is 8.15. The van der Waals surface area contributed by atoms with Crippen LogP contribution in [0.4, 0.5) is 0 Å². The molecule has 0 aliphatic carbocycles. The third-order valence-electron chi connectivity index (χ3n) is 3.81. The lowest BCUT2D eigenvalue weighted by Crippen LogP contribution is -2.46. The Morgan fingerprint density at radius 2 is 2.21 bits per heavy atom. The minimum Gasteiger partial charge on any atom is -0.355 e. The van der Waals surface area contributed by atoms with Crippen molar-refractivity contribution in [2.24, 2.45) is 17.6 Å². The summed E-state index contributed by atoms with van der Waals surface area (Å²) in [5.41, 5.74) is 5.37. The molecule has 3 N–H and O–H groups in total. The summed E-state index contributed by atoms with van der Waals surface area (Å²) in [5, 5.41) is 2.81. The molecule has 0 saturated carbocycles. The fourth-order valence-corrected chi connectivity index (χ4v) is 2.33. The van der Waals surface area contributed by atoms with E-state index in [0.717, 1.165) is 25.8 Å². The summed E-state index contributed by atoms with van der Waals surface area (Å²) in [7, 11) is 0. The molecule has 2 unspecified atom stereocenters. The highest BCUT2D eigenvalue weighted by molar-refractivity contribution is 5.81. The number of nitrogens with one attached hydrogen (secondary N) is 1. The molecule has 1 aliphatic heterocycles. The first-order chi connectivity index (χ1) is 9.08. The van der Waals surface area contributed by atoms with Gasteiger partial charge in [0.1, 0.15) is 0 Å². The zero-order valence-corrected chi connectivity index (χ0v) is 12.2. The lowest BCUT2D eigenvalue weighted by Gasteiger charge is -2.32. The molecule has 0 radical (unpaired) electrons. The van der Waals surface area contributed by atoms with Crippen molar-refractivity contribution in [3.63, 3.8) is 0 Å². The van der Waals surface area contributed by atoms with Crippen molar-refractivity contribution in [1.82, 2.24) is 10.2 Å². The Bertz CT molecular complexity index is 307. The Labute approximate surface area is 115 Å². The van der Waals surface area contributed by atoms with Gasteiger partial charge in [-0.25, -0.2) is 0 Å². The molecule has 1 aliphatic rings. The number of nitrogens with two attached hydrogens (primary N) is 1. The molecule has 5 nitrogen and oxygen atoms in total. The Kier molecular flexibility index (Phi) is 6.84. The number of amides is 2. The molecular weight excluding hydrogens is 242 g/mol. The van der Waals surface area contributed by atoms with E-state index < -0.39 is 0 Å². The number of carbonyl (C=O) groups excluding carboxylic acids is 2. The number of nitrogens with zero attached hydrogens (tertiary/aromatic N) is 1. The highest BCUT2D eigenvalue weighted by Crippen LogP contribution is 2.19.